The molecule has 0 aromatic rings. The Hall–Kier alpha value is -0.120. The highest BCUT2D eigenvalue weighted by Gasteiger charge is 2.29. The summed E-state index contributed by atoms with van der Waals surface area (Å²) in [5, 5.41) is 0. The molecule has 1 aliphatic carbocycles. The maximum absolute atomic E-state index is 5.81. The van der Waals surface area contributed by atoms with Crippen molar-refractivity contribution >= 4 is 0 Å². The number of ether oxygens (including phenoxy) is 2. The molecule has 3 nitrogen and oxygen atoms in total. The summed E-state index contributed by atoms with van der Waals surface area (Å²) in [5.74, 6) is 0.604. The van der Waals surface area contributed by atoms with E-state index in [-0.39, 0.29) is 6.29 Å². The molecular weight excluding hydrogens is 154 g/mol. The smallest absolute Gasteiger partial charge is 0.160 e. The molecule has 2 fully saturated rings. The van der Waals surface area contributed by atoms with E-state index in [0.29, 0.717) is 12.0 Å². The maximum atomic E-state index is 5.81. The van der Waals surface area contributed by atoms with E-state index in [0.717, 1.165) is 26.1 Å². The SMILES string of the molecule is NC1CCC(C2OCCO2)CC1. The van der Waals surface area contributed by atoms with Gasteiger partial charge in [0.05, 0.1) is 13.2 Å². The second kappa shape index (κ2) is 3.73. The molecule has 12 heavy (non-hydrogen) atoms. The predicted octanol–water partition coefficient (Wildman–Crippen LogP) is 0.877. The molecule has 1 saturated heterocycles. The van der Waals surface area contributed by atoms with Crippen molar-refractivity contribution in [2.45, 2.75) is 38.0 Å². The first-order chi connectivity index (χ1) is 5.86. The Labute approximate surface area is 73.2 Å². The van der Waals surface area contributed by atoms with E-state index in [1.807, 2.05) is 0 Å². The van der Waals surface area contributed by atoms with Gasteiger partial charge in [0.1, 0.15) is 0 Å². The van der Waals surface area contributed by atoms with Crippen LogP contribution in [0.1, 0.15) is 25.7 Å². The van der Waals surface area contributed by atoms with Crippen LogP contribution in [0.4, 0.5) is 0 Å². The van der Waals surface area contributed by atoms with Gasteiger partial charge in [-0.05, 0) is 25.7 Å². The molecular formula is C9H17NO2. The van der Waals surface area contributed by atoms with Crippen molar-refractivity contribution in [2.75, 3.05) is 13.2 Å². The largest absolute Gasteiger partial charge is 0.350 e. The van der Waals surface area contributed by atoms with Crippen molar-refractivity contribution in [2.24, 2.45) is 11.7 Å². The second-order valence-electron chi connectivity index (χ2n) is 3.78. The van der Waals surface area contributed by atoms with E-state index in [1.165, 1.54) is 12.8 Å². The molecule has 0 amide bonds. The average Bonchev–Trinajstić information content (AvgIpc) is 2.58. The van der Waals surface area contributed by atoms with Crippen molar-refractivity contribution in [1.82, 2.24) is 0 Å². The van der Waals surface area contributed by atoms with Gasteiger partial charge in [-0.15, -0.1) is 0 Å². The number of nitrogens with two attached hydrogens (primary N) is 1. The van der Waals surface area contributed by atoms with Crippen LogP contribution in [0.3, 0.4) is 0 Å². The van der Waals surface area contributed by atoms with Gasteiger partial charge in [0, 0.05) is 12.0 Å². The fourth-order valence-corrected chi connectivity index (χ4v) is 2.07. The Morgan fingerprint density at radius 1 is 0.917 bits per heavy atom. The fraction of sp³-hybridized carbons (Fsp3) is 1.00. The Bertz CT molecular complexity index is 137. The maximum Gasteiger partial charge on any atom is 0.160 e. The van der Waals surface area contributed by atoms with Gasteiger partial charge in [-0.25, -0.2) is 0 Å². The summed E-state index contributed by atoms with van der Waals surface area (Å²) in [5.41, 5.74) is 5.81. The van der Waals surface area contributed by atoms with Gasteiger partial charge in [-0.3, -0.25) is 0 Å². The van der Waals surface area contributed by atoms with Gasteiger partial charge in [-0.1, -0.05) is 0 Å². The molecule has 0 atom stereocenters. The summed E-state index contributed by atoms with van der Waals surface area (Å²) in [7, 11) is 0. The highest BCUT2D eigenvalue weighted by atomic mass is 16.7. The monoisotopic (exact) mass is 171 g/mol. The molecule has 2 rings (SSSR count). The summed E-state index contributed by atoms with van der Waals surface area (Å²) in [6, 6.07) is 0.419. The lowest BCUT2D eigenvalue weighted by Crippen LogP contribution is -2.32. The molecule has 70 valence electrons. The highest BCUT2D eigenvalue weighted by molar-refractivity contribution is 4.77. The molecule has 1 aliphatic heterocycles. The van der Waals surface area contributed by atoms with E-state index in [9.17, 15) is 0 Å². The lowest BCUT2D eigenvalue weighted by molar-refractivity contribution is -0.0929. The summed E-state index contributed by atoms with van der Waals surface area (Å²) >= 11 is 0. The normalized spacial score (nSPS) is 38.8. The first-order valence-corrected chi connectivity index (χ1v) is 4.85. The zero-order valence-corrected chi connectivity index (χ0v) is 7.37. The summed E-state index contributed by atoms with van der Waals surface area (Å²) in [6.45, 7) is 1.54. The average molecular weight is 171 g/mol. The number of rotatable bonds is 1. The van der Waals surface area contributed by atoms with Gasteiger partial charge in [0.2, 0.25) is 0 Å². The molecule has 0 aromatic heterocycles. The van der Waals surface area contributed by atoms with Crippen LogP contribution in [0.2, 0.25) is 0 Å². The Morgan fingerprint density at radius 2 is 1.50 bits per heavy atom. The zero-order valence-electron chi connectivity index (χ0n) is 7.37. The predicted molar refractivity (Wildman–Crippen MR) is 45.6 cm³/mol. The van der Waals surface area contributed by atoms with Crippen molar-refractivity contribution < 1.29 is 9.47 Å². The third-order valence-electron chi connectivity index (χ3n) is 2.85. The Balaban J connectivity index is 1.80. The minimum atomic E-state index is 0.0810. The minimum absolute atomic E-state index is 0.0810. The van der Waals surface area contributed by atoms with Crippen molar-refractivity contribution in [3.8, 4) is 0 Å². The quantitative estimate of drug-likeness (QED) is 0.637. The number of hydrogen-bond acceptors (Lipinski definition) is 3. The lowest BCUT2D eigenvalue weighted by atomic mass is 9.86. The molecule has 2 N–H and O–H groups in total. The van der Waals surface area contributed by atoms with Gasteiger partial charge >= 0.3 is 0 Å². The molecule has 0 aromatic carbocycles. The molecule has 1 saturated carbocycles. The minimum Gasteiger partial charge on any atom is -0.350 e. The zero-order chi connectivity index (χ0) is 8.39. The van der Waals surface area contributed by atoms with E-state index in [4.69, 9.17) is 15.2 Å². The molecule has 1 heterocycles. The van der Waals surface area contributed by atoms with E-state index in [1.54, 1.807) is 0 Å². The van der Waals surface area contributed by atoms with Crippen molar-refractivity contribution in [1.29, 1.82) is 0 Å². The molecule has 3 heteroatoms. The molecule has 0 unspecified atom stereocenters. The first-order valence-electron chi connectivity index (χ1n) is 4.85. The van der Waals surface area contributed by atoms with Crippen LogP contribution in [0.25, 0.3) is 0 Å². The van der Waals surface area contributed by atoms with Crippen LogP contribution in [0.5, 0.6) is 0 Å². The topological polar surface area (TPSA) is 44.5 Å². The van der Waals surface area contributed by atoms with Crippen LogP contribution in [0, 0.1) is 5.92 Å². The van der Waals surface area contributed by atoms with Gasteiger partial charge in [-0.2, -0.15) is 0 Å². The van der Waals surface area contributed by atoms with E-state index in [2.05, 4.69) is 0 Å². The van der Waals surface area contributed by atoms with Crippen molar-refractivity contribution in [3.05, 3.63) is 0 Å². The third kappa shape index (κ3) is 1.79. The van der Waals surface area contributed by atoms with E-state index >= 15 is 0 Å². The van der Waals surface area contributed by atoms with Crippen LogP contribution < -0.4 is 5.73 Å². The van der Waals surface area contributed by atoms with Gasteiger partial charge < -0.3 is 15.2 Å². The van der Waals surface area contributed by atoms with Crippen LogP contribution >= 0.6 is 0 Å². The van der Waals surface area contributed by atoms with Gasteiger partial charge in [0.25, 0.3) is 0 Å². The molecule has 0 radical (unpaired) electrons. The molecule has 2 aliphatic rings. The highest BCUT2D eigenvalue weighted by Crippen LogP contribution is 2.29. The van der Waals surface area contributed by atoms with Crippen molar-refractivity contribution in [3.63, 3.8) is 0 Å². The summed E-state index contributed by atoms with van der Waals surface area (Å²) < 4.78 is 10.9. The molecule has 0 spiro atoms. The van der Waals surface area contributed by atoms with Crippen LogP contribution in [-0.4, -0.2) is 25.5 Å². The summed E-state index contributed by atoms with van der Waals surface area (Å²) in [6.07, 6.45) is 4.69. The van der Waals surface area contributed by atoms with E-state index < -0.39 is 0 Å². The number of hydrogen-bond donors (Lipinski definition) is 1. The van der Waals surface area contributed by atoms with Gasteiger partial charge in [0.15, 0.2) is 6.29 Å². The fourth-order valence-electron chi connectivity index (χ4n) is 2.07. The third-order valence-corrected chi connectivity index (χ3v) is 2.85. The van der Waals surface area contributed by atoms with Crippen LogP contribution in [0.15, 0.2) is 0 Å². The Kier molecular flexibility index (Phi) is 2.63. The first kappa shape index (κ1) is 8.48. The second-order valence-corrected chi connectivity index (χ2v) is 3.78. The summed E-state index contributed by atoms with van der Waals surface area (Å²) in [4.78, 5) is 0. The molecule has 0 bridgehead atoms. The Morgan fingerprint density at radius 3 is 2.08 bits per heavy atom. The van der Waals surface area contributed by atoms with Crippen LogP contribution in [-0.2, 0) is 9.47 Å². The standard InChI is InChI=1S/C9H17NO2/c10-8-3-1-7(2-4-8)9-11-5-6-12-9/h7-9H,1-6,10H2. The lowest BCUT2D eigenvalue weighted by Gasteiger charge is -2.28.